The van der Waals surface area contributed by atoms with Gasteiger partial charge in [-0.3, -0.25) is 0 Å². The van der Waals surface area contributed by atoms with Crippen LogP contribution in [0.5, 0.6) is 5.75 Å². The van der Waals surface area contributed by atoms with E-state index < -0.39 is 0 Å². The smallest absolute Gasteiger partial charge is 0.323 e. The van der Waals surface area contributed by atoms with Gasteiger partial charge in [0, 0.05) is 29.1 Å². The summed E-state index contributed by atoms with van der Waals surface area (Å²) in [5, 5.41) is 6.15. The Morgan fingerprint density at radius 2 is 1.96 bits per heavy atom. The molecule has 2 N–H and O–H groups in total. The number of ether oxygens (including phenoxy) is 2. The van der Waals surface area contributed by atoms with Crippen LogP contribution >= 0.6 is 11.6 Å². The van der Waals surface area contributed by atoms with Gasteiger partial charge in [0.2, 0.25) is 0 Å². The van der Waals surface area contributed by atoms with Crippen LogP contribution in [-0.4, -0.2) is 25.3 Å². The van der Waals surface area contributed by atoms with Gasteiger partial charge in [0.15, 0.2) is 0 Å². The van der Waals surface area contributed by atoms with Gasteiger partial charge < -0.3 is 20.1 Å². The van der Waals surface area contributed by atoms with Crippen LogP contribution in [0.3, 0.4) is 0 Å². The molecule has 2 aromatic rings. The van der Waals surface area contributed by atoms with Gasteiger partial charge in [0.1, 0.15) is 12.4 Å². The van der Waals surface area contributed by atoms with Crippen molar-refractivity contribution in [1.29, 1.82) is 0 Å². The molecule has 2 aromatic carbocycles. The largest absolute Gasteiger partial charge is 0.491 e. The Labute approximate surface area is 145 Å². The fourth-order valence-corrected chi connectivity index (χ4v) is 2.58. The van der Waals surface area contributed by atoms with Crippen LogP contribution in [0.4, 0.5) is 16.2 Å². The molecular formula is C18H19ClN2O3. The molecule has 24 heavy (non-hydrogen) atoms. The number of hydrogen-bond donors (Lipinski definition) is 2. The van der Waals surface area contributed by atoms with E-state index in [0.29, 0.717) is 28.8 Å². The van der Waals surface area contributed by atoms with Crippen molar-refractivity contribution in [3.63, 3.8) is 0 Å². The minimum absolute atomic E-state index is 0.162. The van der Waals surface area contributed by atoms with E-state index in [2.05, 4.69) is 10.6 Å². The van der Waals surface area contributed by atoms with Crippen molar-refractivity contribution < 1.29 is 14.3 Å². The minimum atomic E-state index is -0.325. The molecule has 1 fully saturated rings. The van der Waals surface area contributed by atoms with E-state index in [1.165, 1.54) is 0 Å². The first-order chi connectivity index (χ1) is 11.7. The number of rotatable bonds is 5. The lowest BCUT2D eigenvalue weighted by molar-refractivity contribution is 0.0680. The van der Waals surface area contributed by atoms with Crippen molar-refractivity contribution in [2.45, 2.75) is 18.9 Å². The van der Waals surface area contributed by atoms with Gasteiger partial charge >= 0.3 is 6.03 Å². The summed E-state index contributed by atoms with van der Waals surface area (Å²) in [6, 6.07) is 13.9. The summed E-state index contributed by atoms with van der Waals surface area (Å²) < 4.78 is 11.3. The van der Waals surface area contributed by atoms with E-state index in [1.807, 2.05) is 12.1 Å². The molecule has 1 aliphatic heterocycles. The number of carbonyl (C=O) groups excluding carboxylic acids is 1. The minimum Gasteiger partial charge on any atom is -0.491 e. The highest BCUT2D eigenvalue weighted by atomic mass is 35.5. The number of hydrogen-bond acceptors (Lipinski definition) is 3. The summed E-state index contributed by atoms with van der Waals surface area (Å²) in [6.45, 7) is 1.33. The number of carbonyl (C=O) groups is 1. The first-order valence-electron chi connectivity index (χ1n) is 7.87. The maximum atomic E-state index is 12.0. The third kappa shape index (κ3) is 4.88. The number of halogens is 1. The number of anilines is 2. The summed E-state index contributed by atoms with van der Waals surface area (Å²) in [5.74, 6) is 0.704. The molecule has 1 aliphatic rings. The number of nitrogens with one attached hydrogen (secondary N) is 2. The van der Waals surface area contributed by atoms with E-state index in [0.717, 1.165) is 19.4 Å². The molecule has 1 atom stereocenters. The van der Waals surface area contributed by atoms with Gasteiger partial charge in [-0.05, 0) is 49.2 Å². The summed E-state index contributed by atoms with van der Waals surface area (Å²) in [4.78, 5) is 12.0. The molecule has 6 heteroatoms. The van der Waals surface area contributed by atoms with Gasteiger partial charge in [-0.2, -0.15) is 0 Å². The highest BCUT2D eigenvalue weighted by molar-refractivity contribution is 6.30. The summed E-state index contributed by atoms with van der Waals surface area (Å²) >= 11 is 5.82. The van der Waals surface area contributed by atoms with Crippen LogP contribution in [0.2, 0.25) is 5.02 Å². The number of amides is 2. The molecular weight excluding hydrogens is 328 g/mol. The van der Waals surface area contributed by atoms with Crippen LogP contribution in [0.1, 0.15) is 12.8 Å². The zero-order chi connectivity index (χ0) is 16.8. The quantitative estimate of drug-likeness (QED) is 0.835. The molecule has 0 aromatic heterocycles. The molecule has 0 saturated carbocycles. The van der Waals surface area contributed by atoms with Crippen molar-refractivity contribution in [3.8, 4) is 5.75 Å². The standard InChI is InChI=1S/C18H19ClN2O3/c19-13-6-8-14(9-7-13)20-18(22)21-15-3-1-4-16(11-15)24-12-17-5-2-10-23-17/h1,3-4,6-9,11,17H,2,5,10,12H2,(H2,20,21,22)/t17-/m0/s1. The Morgan fingerprint density at radius 3 is 2.71 bits per heavy atom. The third-order valence-electron chi connectivity index (χ3n) is 3.65. The van der Waals surface area contributed by atoms with E-state index in [9.17, 15) is 4.79 Å². The van der Waals surface area contributed by atoms with Gasteiger partial charge in [0.25, 0.3) is 0 Å². The Balaban J connectivity index is 1.53. The van der Waals surface area contributed by atoms with Crippen LogP contribution in [-0.2, 0) is 4.74 Å². The second kappa shape index (κ2) is 8.04. The number of benzene rings is 2. The molecule has 5 nitrogen and oxygen atoms in total. The van der Waals surface area contributed by atoms with Crippen LogP contribution in [0, 0.1) is 0 Å². The SMILES string of the molecule is O=C(Nc1ccc(Cl)cc1)Nc1cccc(OC[C@@H]2CCCO2)c1. The predicted octanol–water partition coefficient (Wildman–Crippen LogP) is 4.54. The van der Waals surface area contributed by atoms with Gasteiger partial charge in [-0.15, -0.1) is 0 Å². The summed E-state index contributed by atoms with van der Waals surface area (Å²) in [7, 11) is 0. The second-order valence-corrected chi connectivity index (χ2v) is 6.00. The lowest BCUT2D eigenvalue weighted by atomic mass is 10.2. The predicted molar refractivity (Wildman–Crippen MR) is 95.0 cm³/mol. The van der Waals surface area contributed by atoms with Gasteiger partial charge in [0.05, 0.1) is 6.10 Å². The molecule has 0 spiro atoms. The van der Waals surface area contributed by atoms with Gasteiger partial charge in [-0.25, -0.2) is 4.79 Å². The monoisotopic (exact) mass is 346 g/mol. The normalized spacial score (nSPS) is 16.6. The van der Waals surface area contributed by atoms with E-state index in [-0.39, 0.29) is 12.1 Å². The fraction of sp³-hybridized carbons (Fsp3) is 0.278. The molecule has 0 radical (unpaired) electrons. The fourth-order valence-electron chi connectivity index (χ4n) is 2.46. The molecule has 2 amide bonds. The molecule has 0 bridgehead atoms. The van der Waals surface area contributed by atoms with E-state index >= 15 is 0 Å². The average molecular weight is 347 g/mol. The summed E-state index contributed by atoms with van der Waals surface area (Å²) in [5.41, 5.74) is 1.33. The topological polar surface area (TPSA) is 59.6 Å². The molecule has 126 valence electrons. The highest BCUT2D eigenvalue weighted by Crippen LogP contribution is 2.20. The Hall–Kier alpha value is -2.24. The van der Waals surface area contributed by atoms with Crippen LogP contribution in [0.15, 0.2) is 48.5 Å². The van der Waals surface area contributed by atoms with Crippen LogP contribution in [0.25, 0.3) is 0 Å². The van der Waals surface area contributed by atoms with E-state index in [1.54, 1.807) is 36.4 Å². The lowest BCUT2D eigenvalue weighted by Crippen LogP contribution is -2.19. The van der Waals surface area contributed by atoms with Gasteiger partial charge in [-0.1, -0.05) is 17.7 Å². The Morgan fingerprint density at radius 1 is 1.17 bits per heavy atom. The summed E-state index contributed by atoms with van der Waals surface area (Å²) in [6.07, 6.45) is 2.27. The molecule has 0 unspecified atom stereocenters. The Kier molecular flexibility index (Phi) is 5.56. The first-order valence-corrected chi connectivity index (χ1v) is 8.25. The highest BCUT2D eigenvalue weighted by Gasteiger charge is 2.16. The molecule has 1 saturated heterocycles. The van der Waals surface area contributed by atoms with Crippen molar-refractivity contribution in [1.82, 2.24) is 0 Å². The molecule has 1 heterocycles. The van der Waals surface area contributed by atoms with Crippen molar-refractivity contribution in [3.05, 3.63) is 53.6 Å². The van der Waals surface area contributed by atoms with Crippen LogP contribution < -0.4 is 15.4 Å². The zero-order valence-electron chi connectivity index (χ0n) is 13.1. The third-order valence-corrected chi connectivity index (χ3v) is 3.91. The molecule has 0 aliphatic carbocycles. The van der Waals surface area contributed by atoms with E-state index in [4.69, 9.17) is 21.1 Å². The van der Waals surface area contributed by atoms with Crippen molar-refractivity contribution >= 4 is 29.0 Å². The second-order valence-electron chi connectivity index (χ2n) is 5.56. The zero-order valence-corrected chi connectivity index (χ0v) is 13.9. The maximum Gasteiger partial charge on any atom is 0.323 e. The first kappa shape index (κ1) is 16.6. The van der Waals surface area contributed by atoms with Crippen molar-refractivity contribution in [2.75, 3.05) is 23.8 Å². The number of urea groups is 1. The maximum absolute atomic E-state index is 12.0. The Bertz CT molecular complexity index is 685. The van der Waals surface area contributed by atoms with Crippen molar-refractivity contribution in [2.24, 2.45) is 0 Å². The molecule has 3 rings (SSSR count). The average Bonchev–Trinajstić information content (AvgIpc) is 3.09. The lowest BCUT2D eigenvalue weighted by Gasteiger charge is -2.13.